The van der Waals surface area contributed by atoms with E-state index in [0.717, 1.165) is 10.4 Å². The first-order chi connectivity index (χ1) is 12.4. The monoisotopic (exact) mass is 387 g/mol. The summed E-state index contributed by atoms with van der Waals surface area (Å²) in [4.78, 5) is 24.0. The van der Waals surface area contributed by atoms with Crippen LogP contribution in [0.2, 0.25) is 4.34 Å². The molecule has 0 radical (unpaired) electrons. The van der Waals surface area contributed by atoms with Crippen LogP contribution in [0.15, 0.2) is 54.6 Å². The summed E-state index contributed by atoms with van der Waals surface area (Å²) in [6.45, 7) is 0. The van der Waals surface area contributed by atoms with Gasteiger partial charge in [0.25, 0.3) is 5.91 Å². The number of anilines is 3. The molecule has 1 heterocycles. The Kier molecular flexibility index (Phi) is 5.11. The zero-order chi connectivity index (χ0) is 18.7. The number of carbonyl (C=O) groups is 2. The van der Waals surface area contributed by atoms with Gasteiger partial charge in [-0.3, -0.25) is 10.1 Å². The maximum Gasteiger partial charge on any atom is 0.409 e. The number of nitrogen functional groups attached to an aromatic ring is 1. The predicted molar refractivity (Wildman–Crippen MR) is 105 cm³/mol. The van der Waals surface area contributed by atoms with Crippen molar-refractivity contribution < 1.29 is 14.7 Å². The highest BCUT2D eigenvalue weighted by atomic mass is 35.5. The van der Waals surface area contributed by atoms with E-state index in [1.54, 1.807) is 12.1 Å². The molecule has 3 aromatic rings. The van der Waals surface area contributed by atoms with Crippen molar-refractivity contribution in [3.63, 3.8) is 0 Å². The highest BCUT2D eigenvalue weighted by Gasteiger charge is 2.11. The molecule has 3 rings (SSSR count). The van der Waals surface area contributed by atoms with Crippen molar-refractivity contribution in [3.05, 3.63) is 64.5 Å². The number of nitrogens with one attached hydrogen (secondary N) is 2. The molecule has 132 valence electrons. The molecule has 0 aliphatic rings. The van der Waals surface area contributed by atoms with Gasteiger partial charge in [0.15, 0.2) is 0 Å². The highest BCUT2D eigenvalue weighted by molar-refractivity contribution is 7.19. The van der Waals surface area contributed by atoms with Crippen LogP contribution in [0.25, 0.3) is 10.4 Å². The molecule has 0 saturated carbocycles. The van der Waals surface area contributed by atoms with Crippen LogP contribution in [0.4, 0.5) is 21.9 Å². The molecule has 0 spiro atoms. The molecule has 2 amide bonds. The summed E-state index contributed by atoms with van der Waals surface area (Å²) >= 11 is 7.41. The Balaban J connectivity index is 1.79. The van der Waals surface area contributed by atoms with Gasteiger partial charge in [0.05, 0.1) is 15.7 Å². The van der Waals surface area contributed by atoms with Crippen LogP contribution in [0.3, 0.4) is 0 Å². The third-order valence-electron chi connectivity index (χ3n) is 3.56. The van der Waals surface area contributed by atoms with Gasteiger partial charge in [0.2, 0.25) is 0 Å². The topological polar surface area (TPSA) is 104 Å². The summed E-state index contributed by atoms with van der Waals surface area (Å²) in [7, 11) is 0. The van der Waals surface area contributed by atoms with Crippen LogP contribution < -0.4 is 16.4 Å². The third kappa shape index (κ3) is 4.14. The van der Waals surface area contributed by atoms with Crippen molar-refractivity contribution in [1.82, 2.24) is 0 Å². The van der Waals surface area contributed by atoms with Gasteiger partial charge in [-0.1, -0.05) is 17.7 Å². The molecule has 0 aliphatic heterocycles. The first-order valence-corrected chi connectivity index (χ1v) is 8.68. The van der Waals surface area contributed by atoms with Gasteiger partial charge in [-0.15, -0.1) is 11.3 Å². The van der Waals surface area contributed by atoms with Gasteiger partial charge >= 0.3 is 6.09 Å². The van der Waals surface area contributed by atoms with Gasteiger partial charge in [0, 0.05) is 16.1 Å². The maximum absolute atomic E-state index is 12.4. The molecule has 6 nitrogen and oxygen atoms in total. The minimum Gasteiger partial charge on any atom is -0.465 e. The van der Waals surface area contributed by atoms with E-state index in [9.17, 15) is 9.59 Å². The van der Waals surface area contributed by atoms with E-state index < -0.39 is 6.09 Å². The number of nitrogens with two attached hydrogens (primary N) is 1. The van der Waals surface area contributed by atoms with Crippen molar-refractivity contribution >= 4 is 52.0 Å². The Labute approximate surface area is 158 Å². The Morgan fingerprint density at radius 3 is 2.35 bits per heavy atom. The highest BCUT2D eigenvalue weighted by Crippen LogP contribution is 2.34. The summed E-state index contributed by atoms with van der Waals surface area (Å²) in [6.07, 6.45) is -1.17. The van der Waals surface area contributed by atoms with Crippen LogP contribution in [0.1, 0.15) is 10.4 Å². The average molecular weight is 388 g/mol. The smallest absolute Gasteiger partial charge is 0.409 e. The van der Waals surface area contributed by atoms with Gasteiger partial charge in [-0.2, -0.15) is 0 Å². The van der Waals surface area contributed by atoms with Crippen LogP contribution >= 0.6 is 22.9 Å². The van der Waals surface area contributed by atoms with E-state index in [1.807, 2.05) is 18.2 Å². The van der Waals surface area contributed by atoms with Gasteiger partial charge in [0.1, 0.15) is 0 Å². The summed E-state index contributed by atoms with van der Waals surface area (Å²) in [5.41, 5.74) is 8.55. The second-order valence-corrected chi connectivity index (χ2v) is 7.08. The average Bonchev–Trinajstić information content (AvgIpc) is 3.03. The molecule has 0 fully saturated rings. The first-order valence-electron chi connectivity index (χ1n) is 7.49. The summed E-state index contributed by atoms with van der Waals surface area (Å²) in [5, 5.41) is 13.7. The molecule has 26 heavy (non-hydrogen) atoms. The SMILES string of the molecule is Nc1ccc(-c2ccc(Cl)s2)cc1NC(=O)c1ccc(NC(=O)O)cc1. The van der Waals surface area contributed by atoms with Crippen LogP contribution in [-0.4, -0.2) is 17.1 Å². The lowest BCUT2D eigenvalue weighted by Gasteiger charge is -2.10. The van der Waals surface area contributed by atoms with Gasteiger partial charge < -0.3 is 16.2 Å². The zero-order valence-electron chi connectivity index (χ0n) is 13.3. The number of benzene rings is 2. The molecule has 0 unspecified atom stereocenters. The number of amides is 2. The number of halogens is 1. The minimum atomic E-state index is -1.17. The second-order valence-electron chi connectivity index (χ2n) is 5.37. The molecule has 5 N–H and O–H groups in total. The molecular weight excluding hydrogens is 374 g/mol. The van der Waals surface area contributed by atoms with E-state index in [2.05, 4.69) is 10.6 Å². The summed E-state index contributed by atoms with van der Waals surface area (Å²) in [5.74, 6) is -0.347. The lowest BCUT2D eigenvalue weighted by Crippen LogP contribution is -2.13. The molecule has 0 atom stereocenters. The lowest BCUT2D eigenvalue weighted by atomic mass is 10.1. The Bertz CT molecular complexity index is 970. The molecule has 2 aromatic carbocycles. The van der Waals surface area contributed by atoms with Gasteiger partial charge in [-0.25, -0.2) is 4.79 Å². The number of thiophene rings is 1. The molecule has 0 saturated heterocycles. The van der Waals surface area contributed by atoms with Crippen molar-refractivity contribution in [2.24, 2.45) is 0 Å². The quantitative estimate of drug-likeness (QED) is 0.473. The van der Waals surface area contributed by atoms with Crippen molar-refractivity contribution in [2.75, 3.05) is 16.4 Å². The lowest BCUT2D eigenvalue weighted by molar-refractivity contribution is 0.102. The van der Waals surface area contributed by atoms with E-state index in [1.165, 1.54) is 35.6 Å². The largest absolute Gasteiger partial charge is 0.465 e. The van der Waals surface area contributed by atoms with E-state index in [-0.39, 0.29) is 5.91 Å². The third-order valence-corrected chi connectivity index (χ3v) is 4.84. The molecular formula is C18H14ClN3O3S. The number of hydrogen-bond donors (Lipinski definition) is 4. The van der Waals surface area contributed by atoms with Crippen molar-refractivity contribution in [2.45, 2.75) is 0 Å². The van der Waals surface area contributed by atoms with Crippen LogP contribution in [-0.2, 0) is 0 Å². The van der Waals surface area contributed by atoms with Crippen LogP contribution in [0.5, 0.6) is 0 Å². The maximum atomic E-state index is 12.4. The Morgan fingerprint density at radius 2 is 1.73 bits per heavy atom. The fourth-order valence-electron chi connectivity index (χ4n) is 2.31. The zero-order valence-corrected chi connectivity index (χ0v) is 14.9. The number of rotatable bonds is 4. The second kappa shape index (κ2) is 7.47. The van der Waals surface area contributed by atoms with Crippen molar-refractivity contribution in [3.8, 4) is 10.4 Å². The molecule has 8 heteroatoms. The summed E-state index contributed by atoms with van der Waals surface area (Å²) < 4.78 is 0.678. The Hall–Kier alpha value is -3.03. The number of carboxylic acid groups (broad SMARTS) is 1. The fourth-order valence-corrected chi connectivity index (χ4v) is 3.35. The predicted octanol–water partition coefficient (Wildman–Crippen LogP) is 4.99. The number of carbonyl (C=O) groups excluding carboxylic acids is 1. The van der Waals surface area contributed by atoms with Crippen molar-refractivity contribution in [1.29, 1.82) is 0 Å². The normalized spacial score (nSPS) is 10.3. The first kappa shape index (κ1) is 17.8. The van der Waals surface area contributed by atoms with Gasteiger partial charge in [-0.05, 0) is 54.1 Å². The van der Waals surface area contributed by atoms with E-state index in [4.69, 9.17) is 22.4 Å². The Morgan fingerprint density at radius 1 is 1.00 bits per heavy atom. The number of hydrogen-bond acceptors (Lipinski definition) is 4. The van der Waals surface area contributed by atoms with E-state index in [0.29, 0.717) is 27.0 Å². The van der Waals surface area contributed by atoms with E-state index >= 15 is 0 Å². The summed E-state index contributed by atoms with van der Waals surface area (Å²) in [6, 6.07) is 15.2. The van der Waals surface area contributed by atoms with Crippen LogP contribution in [0, 0.1) is 0 Å². The molecule has 1 aromatic heterocycles. The fraction of sp³-hybridized carbons (Fsp3) is 0. The molecule has 0 aliphatic carbocycles. The molecule has 0 bridgehead atoms. The minimum absolute atomic E-state index is 0.347. The standard InChI is InChI=1S/C18H14ClN3O3S/c19-16-8-7-15(26-16)11-3-6-13(20)14(9-11)22-17(23)10-1-4-12(5-2-10)21-18(24)25/h1-9,21H,20H2,(H,22,23)(H,24,25).